The maximum absolute atomic E-state index is 13.8. The molecule has 1 fully saturated rings. The number of benzene rings is 2. The van der Waals surface area contributed by atoms with Gasteiger partial charge in [0, 0.05) is 6.54 Å². The molecule has 0 spiro atoms. The Bertz CT molecular complexity index is 674. The van der Waals surface area contributed by atoms with E-state index in [1.807, 2.05) is 37.3 Å². The van der Waals surface area contributed by atoms with Gasteiger partial charge in [-0.3, -0.25) is 4.79 Å². The standard InChI is InChI=1S/C19H20FNO2/c1-14-19(15-7-3-2-4-8-15)23-12-11-21(14)18(22)13-16-9-5-6-10-17(16)20/h2-10,14,19H,11-13H2,1H3. The van der Waals surface area contributed by atoms with Gasteiger partial charge in [-0.05, 0) is 24.1 Å². The van der Waals surface area contributed by atoms with Gasteiger partial charge in [-0.1, -0.05) is 48.5 Å². The lowest BCUT2D eigenvalue weighted by molar-refractivity contribution is -0.144. The van der Waals surface area contributed by atoms with Crippen LogP contribution < -0.4 is 0 Å². The van der Waals surface area contributed by atoms with Crippen LogP contribution in [0.3, 0.4) is 0 Å². The molecule has 0 saturated carbocycles. The fourth-order valence-electron chi connectivity index (χ4n) is 3.06. The summed E-state index contributed by atoms with van der Waals surface area (Å²) in [5, 5.41) is 0. The normalized spacial score (nSPS) is 21.2. The second-order valence-corrected chi connectivity index (χ2v) is 5.80. The first kappa shape index (κ1) is 15.7. The molecule has 0 N–H and O–H groups in total. The van der Waals surface area contributed by atoms with Crippen molar-refractivity contribution in [2.75, 3.05) is 13.2 Å². The molecule has 1 heterocycles. The van der Waals surface area contributed by atoms with Crippen molar-refractivity contribution in [3.63, 3.8) is 0 Å². The van der Waals surface area contributed by atoms with Gasteiger partial charge in [0.15, 0.2) is 0 Å². The molecule has 2 atom stereocenters. The summed E-state index contributed by atoms with van der Waals surface area (Å²) in [6.45, 7) is 3.01. The molecule has 1 amide bonds. The third-order valence-electron chi connectivity index (χ3n) is 4.31. The van der Waals surface area contributed by atoms with Crippen LogP contribution in [0.1, 0.15) is 24.2 Å². The van der Waals surface area contributed by atoms with Crippen LogP contribution >= 0.6 is 0 Å². The Kier molecular flexibility index (Phi) is 4.72. The molecular formula is C19H20FNO2. The average molecular weight is 313 g/mol. The van der Waals surface area contributed by atoms with Gasteiger partial charge in [0.25, 0.3) is 0 Å². The van der Waals surface area contributed by atoms with Crippen LogP contribution in [0.25, 0.3) is 0 Å². The number of ether oxygens (including phenoxy) is 1. The predicted octanol–water partition coefficient (Wildman–Crippen LogP) is 3.36. The molecule has 0 radical (unpaired) electrons. The first-order chi connectivity index (χ1) is 11.2. The van der Waals surface area contributed by atoms with Crippen LogP contribution in [0.15, 0.2) is 54.6 Å². The molecule has 2 unspecified atom stereocenters. The Morgan fingerprint density at radius 3 is 2.61 bits per heavy atom. The molecule has 2 aromatic rings. The van der Waals surface area contributed by atoms with Gasteiger partial charge in [-0.15, -0.1) is 0 Å². The monoisotopic (exact) mass is 313 g/mol. The van der Waals surface area contributed by atoms with Crippen LogP contribution in [-0.4, -0.2) is 30.0 Å². The van der Waals surface area contributed by atoms with Crippen LogP contribution in [0.4, 0.5) is 4.39 Å². The summed E-state index contributed by atoms with van der Waals surface area (Å²) in [6.07, 6.45) is -0.0621. The topological polar surface area (TPSA) is 29.5 Å². The van der Waals surface area contributed by atoms with Crippen LogP contribution in [0.2, 0.25) is 0 Å². The van der Waals surface area contributed by atoms with E-state index in [9.17, 15) is 9.18 Å². The largest absolute Gasteiger partial charge is 0.370 e. The molecule has 23 heavy (non-hydrogen) atoms. The molecule has 1 saturated heterocycles. The number of rotatable bonds is 3. The zero-order valence-corrected chi connectivity index (χ0v) is 13.1. The maximum atomic E-state index is 13.8. The predicted molar refractivity (Wildman–Crippen MR) is 86.4 cm³/mol. The van der Waals surface area contributed by atoms with E-state index in [0.717, 1.165) is 5.56 Å². The van der Waals surface area contributed by atoms with Crippen LogP contribution in [0, 0.1) is 5.82 Å². The van der Waals surface area contributed by atoms with Gasteiger partial charge in [-0.25, -0.2) is 4.39 Å². The number of carbonyl (C=O) groups excluding carboxylic acids is 1. The second-order valence-electron chi connectivity index (χ2n) is 5.80. The molecule has 0 bridgehead atoms. The van der Waals surface area contributed by atoms with E-state index < -0.39 is 0 Å². The summed E-state index contributed by atoms with van der Waals surface area (Å²) in [5.74, 6) is -0.395. The molecule has 1 aliphatic rings. The van der Waals surface area contributed by atoms with E-state index in [-0.39, 0.29) is 30.3 Å². The van der Waals surface area contributed by atoms with E-state index in [2.05, 4.69) is 0 Å². The average Bonchev–Trinajstić information content (AvgIpc) is 2.58. The van der Waals surface area contributed by atoms with Gasteiger partial charge in [0.2, 0.25) is 5.91 Å². The quantitative estimate of drug-likeness (QED) is 0.869. The molecule has 0 aliphatic carbocycles. The summed E-state index contributed by atoms with van der Waals surface area (Å²) in [6, 6.07) is 16.2. The van der Waals surface area contributed by atoms with E-state index in [0.29, 0.717) is 18.7 Å². The lowest BCUT2D eigenvalue weighted by atomic mass is 9.99. The third kappa shape index (κ3) is 3.42. The molecule has 2 aromatic carbocycles. The molecule has 1 aliphatic heterocycles. The molecule has 0 aromatic heterocycles. The van der Waals surface area contributed by atoms with Crippen molar-refractivity contribution in [2.24, 2.45) is 0 Å². The summed E-state index contributed by atoms with van der Waals surface area (Å²) in [4.78, 5) is 14.4. The van der Waals surface area contributed by atoms with Crippen molar-refractivity contribution in [3.05, 3.63) is 71.5 Å². The Morgan fingerprint density at radius 1 is 1.17 bits per heavy atom. The maximum Gasteiger partial charge on any atom is 0.227 e. The number of morpholine rings is 1. The van der Waals surface area contributed by atoms with Crippen molar-refractivity contribution < 1.29 is 13.9 Å². The fourth-order valence-corrected chi connectivity index (χ4v) is 3.06. The van der Waals surface area contributed by atoms with Crippen LogP contribution in [0.5, 0.6) is 0 Å². The number of amides is 1. The zero-order chi connectivity index (χ0) is 16.2. The van der Waals surface area contributed by atoms with Crippen molar-refractivity contribution in [1.29, 1.82) is 0 Å². The zero-order valence-electron chi connectivity index (χ0n) is 13.1. The highest BCUT2D eigenvalue weighted by Gasteiger charge is 2.32. The molecule has 120 valence electrons. The minimum absolute atomic E-state index is 0.0631. The number of hydrogen-bond donors (Lipinski definition) is 0. The lowest BCUT2D eigenvalue weighted by Gasteiger charge is -2.39. The smallest absolute Gasteiger partial charge is 0.227 e. The summed E-state index contributed by atoms with van der Waals surface area (Å²) in [5.41, 5.74) is 1.50. The highest BCUT2D eigenvalue weighted by Crippen LogP contribution is 2.28. The van der Waals surface area contributed by atoms with Gasteiger partial charge in [-0.2, -0.15) is 0 Å². The van der Waals surface area contributed by atoms with E-state index in [4.69, 9.17) is 4.74 Å². The number of hydrogen-bond acceptors (Lipinski definition) is 2. The number of carbonyl (C=O) groups is 1. The number of nitrogens with zero attached hydrogens (tertiary/aromatic N) is 1. The van der Waals surface area contributed by atoms with Crippen molar-refractivity contribution >= 4 is 5.91 Å². The van der Waals surface area contributed by atoms with E-state index in [1.54, 1.807) is 23.1 Å². The Morgan fingerprint density at radius 2 is 1.87 bits per heavy atom. The van der Waals surface area contributed by atoms with Gasteiger partial charge >= 0.3 is 0 Å². The first-order valence-electron chi connectivity index (χ1n) is 7.86. The summed E-state index contributed by atoms with van der Waals surface area (Å²) in [7, 11) is 0. The highest BCUT2D eigenvalue weighted by molar-refractivity contribution is 5.79. The summed E-state index contributed by atoms with van der Waals surface area (Å²) < 4.78 is 19.6. The first-order valence-corrected chi connectivity index (χ1v) is 7.86. The second kappa shape index (κ2) is 6.92. The van der Waals surface area contributed by atoms with Crippen LogP contribution in [-0.2, 0) is 16.0 Å². The summed E-state index contributed by atoms with van der Waals surface area (Å²) >= 11 is 0. The minimum atomic E-state index is -0.332. The SMILES string of the molecule is CC1C(c2ccccc2)OCCN1C(=O)Cc1ccccc1F. The van der Waals surface area contributed by atoms with Crippen molar-refractivity contribution in [3.8, 4) is 0 Å². The van der Waals surface area contributed by atoms with E-state index >= 15 is 0 Å². The Hall–Kier alpha value is -2.20. The Labute approximate surface area is 135 Å². The van der Waals surface area contributed by atoms with Crippen molar-refractivity contribution in [2.45, 2.75) is 25.5 Å². The Balaban J connectivity index is 1.74. The molecular weight excluding hydrogens is 293 g/mol. The minimum Gasteiger partial charge on any atom is -0.370 e. The van der Waals surface area contributed by atoms with Crippen molar-refractivity contribution in [1.82, 2.24) is 4.90 Å². The number of halogens is 1. The molecule has 3 nitrogen and oxygen atoms in total. The van der Waals surface area contributed by atoms with Gasteiger partial charge in [0.05, 0.1) is 19.1 Å². The van der Waals surface area contributed by atoms with E-state index in [1.165, 1.54) is 6.07 Å². The lowest BCUT2D eigenvalue weighted by Crippen LogP contribution is -2.49. The van der Waals surface area contributed by atoms with Gasteiger partial charge < -0.3 is 9.64 Å². The molecule has 4 heteroatoms. The fraction of sp³-hybridized carbons (Fsp3) is 0.316. The van der Waals surface area contributed by atoms with Gasteiger partial charge in [0.1, 0.15) is 11.9 Å². The molecule has 3 rings (SSSR count). The highest BCUT2D eigenvalue weighted by atomic mass is 19.1. The third-order valence-corrected chi connectivity index (χ3v) is 4.31.